The third-order valence-corrected chi connectivity index (χ3v) is 6.75. The Morgan fingerprint density at radius 2 is 1.25 bits per heavy atom. The Balaban J connectivity index is 1.61. The molecule has 0 saturated heterocycles. The van der Waals surface area contributed by atoms with Crippen LogP contribution in [0.25, 0.3) is 11.4 Å². The van der Waals surface area contributed by atoms with E-state index in [9.17, 15) is 8.78 Å². The summed E-state index contributed by atoms with van der Waals surface area (Å²) in [6.45, 7) is 4.50. The molecule has 2 aromatic rings. The minimum atomic E-state index is -0.965. The highest BCUT2D eigenvalue weighted by Crippen LogP contribution is 2.20. The summed E-state index contributed by atoms with van der Waals surface area (Å²) in [4.78, 5) is 8.83. The molecule has 1 aromatic heterocycles. The van der Waals surface area contributed by atoms with Crippen LogP contribution < -0.4 is 4.74 Å². The Morgan fingerprint density at radius 1 is 0.667 bits per heavy atom. The molecule has 0 fully saturated rings. The van der Waals surface area contributed by atoms with Crippen molar-refractivity contribution >= 4 is 0 Å². The maximum atomic E-state index is 14.0. The topological polar surface area (TPSA) is 35.0 Å². The van der Waals surface area contributed by atoms with Crippen LogP contribution in [0.1, 0.15) is 116 Å². The van der Waals surface area contributed by atoms with Crippen molar-refractivity contribution in [2.75, 3.05) is 6.61 Å². The molecule has 202 valence electrons. The summed E-state index contributed by atoms with van der Waals surface area (Å²) < 4.78 is 33.1. The normalized spacial score (nSPS) is 13.0. The smallest absolute Gasteiger partial charge is 0.159 e. The number of nitrogens with zero attached hydrogens (tertiary/aromatic N) is 2. The molecular weight excluding hydrogens is 454 g/mol. The van der Waals surface area contributed by atoms with Gasteiger partial charge in [0.25, 0.3) is 0 Å². The summed E-state index contributed by atoms with van der Waals surface area (Å²) in [5.41, 5.74) is 2.34. The van der Waals surface area contributed by atoms with Gasteiger partial charge in [-0.15, -0.1) is 0 Å². The van der Waals surface area contributed by atoms with Crippen molar-refractivity contribution < 1.29 is 13.5 Å². The number of unbranched alkanes of at least 4 members (excludes halogenated alkanes) is 8. The van der Waals surface area contributed by atoms with E-state index in [2.05, 4.69) is 41.2 Å². The van der Waals surface area contributed by atoms with E-state index >= 15 is 0 Å². The first-order valence-electron chi connectivity index (χ1n) is 14.4. The van der Waals surface area contributed by atoms with E-state index in [4.69, 9.17) is 4.74 Å². The Morgan fingerprint density at radius 3 is 1.86 bits per heavy atom. The fraction of sp³-hybridized carbons (Fsp3) is 0.677. The van der Waals surface area contributed by atoms with Gasteiger partial charge in [0.15, 0.2) is 11.6 Å². The van der Waals surface area contributed by atoms with E-state index in [0.717, 1.165) is 18.4 Å². The molecule has 3 nitrogen and oxygen atoms in total. The highest BCUT2D eigenvalue weighted by molar-refractivity contribution is 5.55. The van der Waals surface area contributed by atoms with Gasteiger partial charge in [-0.25, -0.2) is 18.7 Å². The van der Waals surface area contributed by atoms with Gasteiger partial charge < -0.3 is 4.74 Å². The van der Waals surface area contributed by atoms with Crippen molar-refractivity contribution in [2.45, 2.75) is 129 Å². The largest absolute Gasteiger partial charge is 0.490 e. The Kier molecular flexibility index (Phi) is 16.0. The van der Waals surface area contributed by atoms with Gasteiger partial charge in [-0.2, -0.15) is 0 Å². The quantitative estimate of drug-likeness (QED) is 0.159. The zero-order valence-corrected chi connectivity index (χ0v) is 22.7. The number of aromatic nitrogens is 2. The second kappa shape index (κ2) is 19.1. The molecule has 2 unspecified atom stereocenters. The first-order valence-corrected chi connectivity index (χ1v) is 14.4. The van der Waals surface area contributed by atoms with Crippen molar-refractivity contribution in [2.24, 2.45) is 0 Å². The highest BCUT2D eigenvalue weighted by Gasteiger charge is 2.10. The van der Waals surface area contributed by atoms with Crippen LogP contribution in [0.4, 0.5) is 8.78 Å². The van der Waals surface area contributed by atoms with Gasteiger partial charge >= 0.3 is 0 Å². The molecule has 0 amide bonds. The van der Waals surface area contributed by atoms with Crippen LogP contribution in [0.15, 0.2) is 36.7 Å². The molecule has 0 saturated carbocycles. The first-order chi connectivity index (χ1) is 17.6. The molecule has 0 N–H and O–H groups in total. The van der Waals surface area contributed by atoms with E-state index in [0.29, 0.717) is 43.7 Å². The third kappa shape index (κ3) is 13.3. The monoisotopic (exact) mass is 502 g/mol. The van der Waals surface area contributed by atoms with Crippen molar-refractivity contribution in [3.8, 4) is 17.1 Å². The lowest BCUT2D eigenvalue weighted by Crippen LogP contribution is -2.09. The van der Waals surface area contributed by atoms with Crippen molar-refractivity contribution in [3.05, 3.63) is 42.2 Å². The van der Waals surface area contributed by atoms with Crippen molar-refractivity contribution in [3.63, 3.8) is 0 Å². The number of halogens is 2. The van der Waals surface area contributed by atoms with Crippen LogP contribution >= 0.6 is 0 Å². The fourth-order valence-corrected chi connectivity index (χ4v) is 4.47. The zero-order valence-electron chi connectivity index (χ0n) is 22.7. The minimum absolute atomic E-state index is 0.269. The summed E-state index contributed by atoms with van der Waals surface area (Å²) in [5.74, 6) is 1.20. The Bertz CT molecular complexity index is 782. The lowest BCUT2D eigenvalue weighted by molar-refractivity contribution is 0.212. The van der Waals surface area contributed by atoms with Gasteiger partial charge in [0, 0.05) is 12.0 Å². The van der Waals surface area contributed by atoms with E-state index in [1.807, 2.05) is 6.92 Å². The van der Waals surface area contributed by atoms with Crippen LogP contribution in [-0.4, -0.2) is 28.9 Å². The summed E-state index contributed by atoms with van der Waals surface area (Å²) in [5, 5.41) is 0. The van der Waals surface area contributed by atoms with Gasteiger partial charge in [-0.3, -0.25) is 0 Å². The summed E-state index contributed by atoms with van der Waals surface area (Å²) in [6.07, 6.45) is 17.9. The number of hydrogen-bond acceptors (Lipinski definition) is 3. The first kappa shape index (κ1) is 30.2. The van der Waals surface area contributed by atoms with Gasteiger partial charge in [0.1, 0.15) is 12.3 Å². The number of rotatable bonds is 21. The maximum absolute atomic E-state index is 14.0. The molecule has 0 aliphatic carbocycles. The van der Waals surface area contributed by atoms with Crippen LogP contribution in [0.5, 0.6) is 5.75 Å². The molecule has 2 rings (SSSR count). The second-order valence-corrected chi connectivity index (χ2v) is 10.1. The van der Waals surface area contributed by atoms with E-state index in [1.165, 1.54) is 63.4 Å². The minimum Gasteiger partial charge on any atom is -0.490 e. The second-order valence-electron chi connectivity index (χ2n) is 10.1. The predicted molar refractivity (Wildman–Crippen MR) is 147 cm³/mol. The van der Waals surface area contributed by atoms with Gasteiger partial charge in [0.05, 0.1) is 19.0 Å². The average Bonchev–Trinajstić information content (AvgIpc) is 2.89. The molecule has 0 spiro atoms. The zero-order chi connectivity index (χ0) is 25.8. The Labute approximate surface area is 218 Å². The number of aryl methyl sites for hydroxylation is 1. The van der Waals surface area contributed by atoms with Crippen molar-refractivity contribution in [1.29, 1.82) is 0 Å². The van der Waals surface area contributed by atoms with Crippen LogP contribution in [-0.2, 0) is 6.42 Å². The number of ether oxygens (including phenoxy) is 1. The van der Waals surface area contributed by atoms with Gasteiger partial charge in [-0.1, -0.05) is 95.9 Å². The van der Waals surface area contributed by atoms with Crippen LogP contribution in [0, 0.1) is 0 Å². The lowest BCUT2D eigenvalue weighted by Gasteiger charge is -2.11. The summed E-state index contributed by atoms with van der Waals surface area (Å²) >= 11 is 0. The summed E-state index contributed by atoms with van der Waals surface area (Å²) in [6, 6.07) is 8.50. The molecule has 0 aliphatic heterocycles. The standard InChI is InChI=1S/C31H48F2N2O/c1-3-5-6-7-8-9-10-11-12-15-26-18-20-27(21-19-26)31-34-24-30(25-35-31)36-23-22-29(33)17-13-16-28(32)14-4-2/h18-21,24-25,28-29H,3-17,22-23H2,1-2H3. The van der Waals surface area contributed by atoms with Gasteiger partial charge in [-0.05, 0) is 44.1 Å². The van der Waals surface area contributed by atoms with E-state index in [1.54, 1.807) is 12.4 Å². The van der Waals surface area contributed by atoms with Crippen LogP contribution in [0.2, 0.25) is 0 Å². The Hall–Kier alpha value is -2.04. The lowest BCUT2D eigenvalue weighted by atomic mass is 10.0. The number of benzene rings is 1. The SMILES string of the molecule is CCCCCCCCCCCc1ccc(-c2ncc(OCCC(F)CCCC(F)CCC)cn2)cc1. The third-order valence-electron chi connectivity index (χ3n) is 6.75. The molecule has 36 heavy (non-hydrogen) atoms. The number of hydrogen-bond donors (Lipinski definition) is 0. The molecule has 2 atom stereocenters. The van der Waals surface area contributed by atoms with E-state index < -0.39 is 12.3 Å². The van der Waals surface area contributed by atoms with E-state index in [-0.39, 0.29) is 6.61 Å². The molecule has 1 heterocycles. The highest BCUT2D eigenvalue weighted by atomic mass is 19.1. The fourth-order valence-electron chi connectivity index (χ4n) is 4.47. The van der Waals surface area contributed by atoms with Crippen molar-refractivity contribution in [1.82, 2.24) is 9.97 Å². The molecule has 1 aromatic carbocycles. The summed E-state index contributed by atoms with van der Waals surface area (Å²) in [7, 11) is 0. The van der Waals surface area contributed by atoms with Crippen LogP contribution in [0.3, 0.4) is 0 Å². The molecule has 0 aliphatic rings. The predicted octanol–water partition coefficient (Wildman–Crippen LogP) is 9.63. The number of alkyl halides is 2. The molecule has 0 bridgehead atoms. The molecular formula is C31H48F2N2O. The van der Waals surface area contributed by atoms with Gasteiger partial charge in [0.2, 0.25) is 0 Å². The maximum Gasteiger partial charge on any atom is 0.159 e. The average molecular weight is 503 g/mol. The molecule has 5 heteroatoms. The molecule has 0 radical (unpaired) electrons.